The van der Waals surface area contributed by atoms with E-state index >= 15 is 0 Å². The molecular formula is C16H14N4O3. The Labute approximate surface area is 131 Å². The molecule has 0 amide bonds. The Balaban J connectivity index is 1.67. The van der Waals surface area contributed by atoms with E-state index in [-0.39, 0.29) is 0 Å². The molecule has 4 heterocycles. The van der Waals surface area contributed by atoms with Crippen LogP contribution in [0.2, 0.25) is 0 Å². The molecule has 0 unspecified atom stereocenters. The van der Waals surface area contributed by atoms with E-state index in [1.165, 1.54) is 0 Å². The third-order valence-electron chi connectivity index (χ3n) is 3.51. The topological polar surface area (TPSA) is 93.9 Å². The van der Waals surface area contributed by atoms with E-state index < -0.39 is 0 Å². The van der Waals surface area contributed by atoms with Gasteiger partial charge in [0.15, 0.2) is 5.76 Å². The Morgan fingerprint density at radius 2 is 1.87 bits per heavy atom. The summed E-state index contributed by atoms with van der Waals surface area (Å²) in [5.41, 5.74) is 2.13. The Hall–Kier alpha value is -3.09. The van der Waals surface area contributed by atoms with Crippen LogP contribution in [-0.2, 0) is 0 Å². The molecular weight excluding hydrogens is 296 g/mol. The van der Waals surface area contributed by atoms with Gasteiger partial charge in [0.25, 0.3) is 5.89 Å². The zero-order chi connectivity index (χ0) is 16.0. The molecule has 4 rings (SSSR count). The van der Waals surface area contributed by atoms with E-state index in [9.17, 15) is 0 Å². The first-order valence-corrected chi connectivity index (χ1v) is 7.14. The minimum Gasteiger partial charge on any atom is -0.466 e. The SMILES string of the molecule is Cc1ccc(-c2cc(-c3nc(-c4cc(C)oc4C)no3)[nH]n2)o1. The number of aromatic amines is 1. The van der Waals surface area contributed by atoms with Crippen LogP contribution >= 0.6 is 0 Å². The first-order chi connectivity index (χ1) is 11.1. The molecule has 1 N–H and O–H groups in total. The zero-order valence-electron chi connectivity index (χ0n) is 12.9. The lowest BCUT2D eigenvalue weighted by Crippen LogP contribution is -1.81. The van der Waals surface area contributed by atoms with Gasteiger partial charge < -0.3 is 13.4 Å². The number of aryl methyl sites for hydroxylation is 3. The molecule has 23 heavy (non-hydrogen) atoms. The minimum atomic E-state index is 0.361. The van der Waals surface area contributed by atoms with E-state index in [1.54, 1.807) is 0 Å². The third-order valence-corrected chi connectivity index (χ3v) is 3.51. The van der Waals surface area contributed by atoms with Gasteiger partial charge in [-0.05, 0) is 39.0 Å². The maximum absolute atomic E-state index is 5.55. The molecule has 0 atom stereocenters. The molecule has 0 aromatic carbocycles. The van der Waals surface area contributed by atoms with Crippen LogP contribution in [0.1, 0.15) is 17.3 Å². The van der Waals surface area contributed by atoms with Crippen molar-refractivity contribution in [2.24, 2.45) is 0 Å². The van der Waals surface area contributed by atoms with Crippen LogP contribution < -0.4 is 0 Å². The van der Waals surface area contributed by atoms with Gasteiger partial charge in [-0.3, -0.25) is 5.10 Å². The number of nitrogens with zero attached hydrogens (tertiary/aromatic N) is 3. The van der Waals surface area contributed by atoms with Gasteiger partial charge in [-0.2, -0.15) is 10.1 Å². The fraction of sp³-hybridized carbons (Fsp3) is 0.188. The molecule has 0 spiro atoms. The van der Waals surface area contributed by atoms with Crippen molar-refractivity contribution >= 4 is 0 Å². The van der Waals surface area contributed by atoms with Crippen molar-refractivity contribution in [1.29, 1.82) is 0 Å². The molecule has 0 radical (unpaired) electrons. The number of aromatic nitrogens is 4. The summed E-state index contributed by atoms with van der Waals surface area (Å²) >= 11 is 0. The van der Waals surface area contributed by atoms with E-state index in [0.29, 0.717) is 28.9 Å². The molecule has 0 aliphatic heterocycles. The van der Waals surface area contributed by atoms with Crippen LogP contribution in [0, 0.1) is 20.8 Å². The van der Waals surface area contributed by atoms with E-state index in [2.05, 4.69) is 20.3 Å². The number of H-pyrrole nitrogens is 1. The number of hydrogen-bond acceptors (Lipinski definition) is 6. The molecule has 0 fully saturated rings. The monoisotopic (exact) mass is 310 g/mol. The van der Waals surface area contributed by atoms with E-state index in [4.69, 9.17) is 13.4 Å². The van der Waals surface area contributed by atoms with Crippen molar-refractivity contribution in [3.63, 3.8) is 0 Å². The predicted octanol–water partition coefficient (Wildman–Crippen LogP) is 3.90. The fourth-order valence-corrected chi connectivity index (χ4v) is 2.42. The summed E-state index contributed by atoms with van der Waals surface area (Å²) in [5, 5.41) is 11.1. The molecule has 0 saturated carbocycles. The third kappa shape index (κ3) is 2.36. The first kappa shape index (κ1) is 13.6. The molecule has 0 bridgehead atoms. The molecule has 4 aromatic heterocycles. The van der Waals surface area contributed by atoms with Crippen LogP contribution in [0.4, 0.5) is 0 Å². The minimum absolute atomic E-state index is 0.361. The molecule has 7 heteroatoms. The molecule has 0 aliphatic carbocycles. The van der Waals surface area contributed by atoms with Crippen molar-refractivity contribution in [2.45, 2.75) is 20.8 Å². The summed E-state index contributed by atoms with van der Waals surface area (Å²) in [6.45, 7) is 5.63. The zero-order valence-corrected chi connectivity index (χ0v) is 12.9. The standard InChI is InChI=1S/C16H14N4O3/c1-8-4-5-14(22-8)12-7-13(19-18-12)16-17-15(20-23-16)11-6-9(2)21-10(11)3/h4-7H,1-3H3,(H,18,19). The number of hydrogen-bond donors (Lipinski definition) is 1. The Morgan fingerprint density at radius 3 is 2.57 bits per heavy atom. The van der Waals surface area contributed by atoms with Gasteiger partial charge in [0, 0.05) is 6.07 Å². The summed E-state index contributed by atoms with van der Waals surface area (Å²) in [7, 11) is 0. The summed E-state index contributed by atoms with van der Waals surface area (Å²) in [6, 6.07) is 7.45. The average Bonchev–Trinajstić information content (AvgIpc) is 3.24. The highest BCUT2D eigenvalue weighted by Gasteiger charge is 2.17. The molecule has 4 aromatic rings. The van der Waals surface area contributed by atoms with Crippen LogP contribution in [0.25, 0.3) is 34.4 Å². The maximum atomic E-state index is 5.55. The molecule has 0 saturated heterocycles. The maximum Gasteiger partial charge on any atom is 0.276 e. The Kier molecular flexibility index (Phi) is 2.94. The van der Waals surface area contributed by atoms with Crippen LogP contribution in [0.3, 0.4) is 0 Å². The van der Waals surface area contributed by atoms with Gasteiger partial charge in [-0.1, -0.05) is 5.16 Å². The lowest BCUT2D eigenvalue weighted by molar-refractivity contribution is 0.430. The van der Waals surface area contributed by atoms with Crippen molar-refractivity contribution in [3.8, 4) is 34.4 Å². The normalized spacial score (nSPS) is 11.3. The quantitative estimate of drug-likeness (QED) is 0.616. The van der Waals surface area contributed by atoms with Gasteiger partial charge in [0.2, 0.25) is 5.82 Å². The molecule has 116 valence electrons. The second-order valence-electron chi connectivity index (χ2n) is 5.33. The second kappa shape index (κ2) is 4.98. The van der Waals surface area contributed by atoms with Gasteiger partial charge in [-0.25, -0.2) is 0 Å². The summed E-state index contributed by atoms with van der Waals surface area (Å²) in [6.07, 6.45) is 0. The summed E-state index contributed by atoms with van der Waals surface area (Å²) < 4.78 is 16.4. The van der Waals surface area contributed by atoms with Gasteiger partial charge in [0.05, 0.1) is 5.56 Å². The van der Waals surface area contributed by atoms with Crippen molar-refractivity contribution in [3.05, 3.63) is 41.5 Å². The van der Waals surface area contributed by atoms with Gasteiger partial charge in [0.1, 0.15) is 28.7 Å². The van der Waals surface area contributed by atoms with Crippen LogP contribution in [-0.4, -0.2) is 20.3 Å². The lowest BCUT2D eigenvalue weighted by Gasteiger charge is -1.87. The number of furan rings is 2. The average molecular weight is 310 g/mol. The number of nitrogens with one attached hydrogen (secondary N) is 1. The van der Waals surface area contributed by atoms with Gasteiger partial charge in [-0.15, -0.1) is 0 Å². The van der Waals surface area contributed by atoms with Crippen LogP contribution in [0.5, 0.6) is 0 Å². The largest absolute Gasteiger partial charge is 0.466 e. The Morgan fingerprint density at radius 1 is 1.00 bits per heavy atom. The first-order valence-electron chi connectivity index (χ1n) is 7.14. The highest BCUT2D eigenvalue weighted by atomic mass is 16.5. The van der Waals surface area contributed by atoms with Crippen LogP contribution in [0.15, 0.2) is 37.6 Å². The molecule has 7 nitrogen and oxygen atoms in total. The smallest absolute Gasteiger partial charge is 0.276 e. The van der Waals surface area contributed by atoms with Crippen molar-refractivity contribution < 1.29 is 13.4 Å². The Bertz CT molecular complexity index is 973. The van der Waals surface area contributed by atoms with Gasteiger partial charge >= 0.3 is 0 Å². The second-order valence-corrected chi connectivity index (χ2v) is 5.33. The van der Waals surface area contributed by atoms with Crippen molar-refractivity contribution in [1.82, 2.24) is 20.3 Å². The highest BCUT2D eigenvalue weighted by Crippen LogP contribution is 2.28. The fourth-order valence-electron chi connectivity index (χ4n) is 2.42. The lowest BCUT2D eigenvalue weighted by atomic mass is 10.2. The highest BCUT2D eigenvalue weighted by molar-refractivity contribution is 5.63. The van der Waals surface area contributed by atoms with E-state index in [1.807, 2.05) is 45.0 Å². The summed E-state index contributed by atoms with van der Waals surface area (Å²) in [4.78, 5) is 4.40. The number of rotatable bonds is 3. The van der Waals surface area contributed by atoms with Crippen molar-refractivity contribution in [2.75, 3.05) is 0 Å². The van der Waals surface area contributed by atoms with E-state index in [0.717, 1.165) is 22.8 Å². The summed E-state index contributed by atoms with van der Waals surface area (Å²) in [5.74, 6) is 3.92. The molecule has 0 aliphatic rings. The predicted molar refractivity (Wildman–Crippen MR) is 81.5 cm³/mol.